The van der Waals surface area contributed by atoms with Gasteiger partial charge < -0.3 is 10.6 Å². The van der Waals surface area contributed by atoms with E-state index in [0.29, 0.717) is 11.1 Å². The maximum atomic E-state index is 13.8. The number of nitrogens with zero attached hydrogens (tertiary/aromatic N) is 2. The minimum Gasteiger partial charge on any atom is -0.320 e. The Bertz CT molecular complexity index is 719. The van der Waals surface area contributed by atoms with Crippen molar-refractivity contribution in [3.05, 3.63) is 59.7 Å². The molecule has 0 aliphatic rings. The molecule has 0 saturated carbocycles. The Morgan fingerprint density at radius 3 is 2.86 bits per heavy atom. The van der Waals surface area contributed by atoms with Crippen molar-refractivity contribution in [3.63, 3.8) is 0 Å². The highest BCUT2D eigenvalue weighted by atomic mass is 19.1. The number of pyridine rings is 1. The van der Waals surface area contributed by atoms with Gasteiger partial charge in [0.05, 0.1) is 23.4 Å². The van der Waals surface area contributed by atoms with E-state index in [2.05, 4.69) is 16.8 Å². The van der Waals surface area contributed by atoms with Crippen LogP contribution in [0.4, 0.5) is 10.1 Å². The summed E-state index contributed by atoms with van der Waals surface area (Å²) in [4.78, 5) is 17.7. The van der Waals surface area contributed by atoms with Gasteiger partial charge in [-0.2, -0.15) is 0 Å². The number of benzene rings is 1. The number of hydrogen-bond acceptors (Lipinski definition) is 3. The first-order valence-corrected chi connectivity index (χ1v) is 6.30. The fraction of sp³-hybridized carbons (Fsp3) is 0.125. The zero-order valence-electron chi connectivity index (χ0n) is 11.5. The predicted octanol–water partition coefficient (Wildman–Crippen LogP) is 1.81. The Labute approximate surface area is 122 Å². The molecule has 0 radical (unpaired) electrons. The number of halogens is 1. The molecule has 0 aliphatic heterocycles. The lowest BCUT2D eigenvalue weighted by Gasteiger charge is -2.18. The lowest BCUT2D eigenvalue weighted by molar-refractivity contribution is 0.0992. The molecule has 0 saturated heterocycles. The van der Waals surface area contributed by atoms with Crippen LogP contribution in [0.2, 0.25) is 0 Å². The summed E-state index contributed by atoms with van der Waals surface area (Å²) in [5, 5.41) is 0. The van der Waals surface area contributed by atoms with E-state index in [1.807, 2.05) is 0 Å². The van der Waals surface area contributed by atoms with Crippen LogP contribution in [0.15, 0.2) is 42.7 Å². The number of hydrogen-bond donors (Lipinski definition) is 1. The van der Waals surface area contributed by atoms with Crippen LogP contribution < -0.4 is 10.6 Å². The molecule has 5 heteroatoms. The lowest BCUT2D eigenvalue weighted by atomic mass is 10.1. The maximum Gasteiger partial charge on any atom is 0.259 e. The third kappa shape index (κ3) is 3.25. The summed E-state index contributed by atoms with van der Waals surface area (Å²) in [7, 11) is 1.52. The summed E-state index contributed by atoms with van der Waals surface area (Å²) in [6.07, 6.45) is 2.99. The number of rotatable bonds is 2. The van der Waals surface area contributed by atoms with Crippen molar-refractivity contribution < 1.29 is 9.18 Å². The van der Waals surface area contributed by atoms with Crippen molar-refractivity contribution in [3.8, 4) is 11.8 Å². The van der Waals surface area contributed by atoms with E-state index in [0.717, 1.165) is 0 Å². The van der Waals surface area contributed by atoms with E-state index >= 15 is 0 Å². The molecule has 21 heavy (non-hydrogen) atoms. The van der Waals surface area contributed by atoms with Crippen LogP contribution >= 0.6 is 0 Å². The number of anilines is 1. The molecule has 2 rings (SSSR count). The van der Waals surface area contributed by atoms with Gasteiger partial charge in [-0.3, -0.25) is 9.78 Å². The minimum absolute atomic E-state index is 0.186. The largest absolute Gasteiger partial charge is 0.320 e. The van der Waals surface area contributed by atoms with Gasteiger partial charge >= 0.3 is 0 Å². The van der Waals surface area contributed by atoms with Gasteiger partial charge in [-0.25, -0.2) is 4.39 Å². The number of carbonyl (C=O) groups excluding carboxylic acids is 1. The maximum absolute atomic E-state index is 13.8. The monoisotopic (exact) mass is 283 g/mol. The quantitative estimate of drug-likeness (QED) is 0.855. The fourth-order valence-electron chi connectivity index (χ4n) is 1.84. The summed E-state index contributed by atoms with van der Waals surface area (Å²) in [6, 6.07) is 7.65. The van der Waals surface area contributed by atoms with E-state index in [4.69, 9.17) is 5.73 Å². The Morgan fingerprint density at radius 1 is 1.38 bits per heavy atom. The van der Waals surface area contributed by atoms with E-state index in [-0.39, 0.29) is 18.1 Å². The van der Waals surface area contributed by atoms with Crippen molar-refractivity contribution in [1.29, 1.82) is 0 Å². The van der Waals surface area contributed by atoms with Gasteiger partial charge in [0.2, 0.25) is 0 Å². The normalized spacial score (nSPS) is 9.67. The molecule has 0 unspecified atom stereocenters. The fourth-order valence-corrected chi connectivity index (χ4v) is 1.84. The smallest absolute Gasteiger partial charge is 0.259 e. The highest BCUT2D eigenvalue weighted by Crippen LogP contribution is 2.20. The van der Waals surface area contributed by atoms with Crippen LogP contribution in [0.25, 0.3) is 0 Å². The Balaban J connectivity index is 2.39. The molecule has 2 aromatic rings. The molecular formula is C16H14FN3O. The predicted molar refractivity (Wildman–Crippen MR) is 79.3 cm³/mol. The van der Waals surface area contributed by atoms with Gasteiger partial charge in [-0.15, -0.1) is 0 Å². The molecule has 0 spiro atoms. The lowest BCUT2D eigenvalue weighted by Crippen LogP contribution is -2.27. The topological polar surface area (TPSA) is 59.2 Å². The summed E-state index contributed by atoms with van der Waals surface area (Å²) in [5.74, 6) is 4.66. The van der Waals surface area contributed by atoms with E-state index in [1.165, 1.54) is 30.4 Å². The molecule has 0 fully saturated rings. The van der Waals surface area contributed by atoms with Gasteiger partial charge in [0.25, 0.3) is 5.91 Å². The number of nitrogens with two attached hydrogens (primary N) is 1. The molecule has 4 nitrogen and oxygen atoms in total. The van der Waals surface area contributed by atoms with E-state index in [1.54, 1.807) is 24.3 Å². The average Bonchev–Trinajstić information content (AvgIpc) is 2.52. The standard InChI is InChI=1S/C16H14FN3O/c1-20(15-7-3-2-6-14(15)17)16(21)13-8-10-19-11-12(13)5-4-9-18/h2-3,6-8,10-11H,9,18H2,1H3. The summed E-state index contributed by atoms with van der Waals surface area (Å²) >= 11 is 0. The number of carbonyl (C=O) groups is 1. The zero-order chi connectivity index (χ0) is 15.2. The number of amides is 1. The van der Waals surface area contributed by atoms with Crippen LogP contribution in [-0.4, -0.2) is 24.5 Å². The average molecular weight is 283 g/mol. The molecule has 1 heterocycles. The second kappa shape index (κ2) is 6.64. The second-order valence-electron chi connectivity index (χ2n) is 4.24. The summed E-state index contributed by atoms with van der Waals surface area (Å²) < 4.78 is 13.8. The highest BCUT2D eigenvalue weighted by molar-refractivity contribution is 6.07. The van der Waals surface area contributed by atoms with Crippen molar-refractivity contribution >= 4 is 11.6 Å². The molecule has 0 bridgehead atoms. The van der Waals surface area contributed by atoms with Gasteiger partial charge in [0, 0.05) is 19.4 Å². The van der Waals surface area contributed by atoms with Gasteiger partial charge in [-0.1, -0.05) is 24.0 Å². The Kier molecular flexibility index (Phi) is 4.64. The highest BCUT2D eigenvalue weighted by Gasteiger charge is 2.18. The first-order valence-electron chi connectivity index (χ1n) is 6.30. The van der Waals surface area contributed by atoms with E-state index in [9.17, 15) is 9.18 Å². The third-order valence-corrected chi connectivity index (χ3v) is 2.90. The number of aromatic nitrogens is 1. The minimum atomic E-state index is -0.461. The Morgan fingerprint density at radius 2 is 2.14 bits per heavy atom. The summed E-state index contributed by atoms with van der Waals surface area (Å²) in [5.41, 5.74) is 6.37. The Hall–Kier alpha value is -2.71. The molecule has 0 aliphatic carbocycles. The first-order chi connectivity index (χ1) is 10.1. The first kappa shape index (κ1) is 14.7. The van der Waals surface area contributed by atoms with Crippen LogP contribution in [0.5, 0.6) is 0 Å². The van der Waals surface area contributed by atoms with Crippen LogP contribution in [-0.2, 0) is 0 Å². The van der Waals surface area contributed by atoms with Gasteiger partial charge in [-0.05, 0) is 18.2 Å². The molecular weight excluding hydrogens is 269 g/mol. The van der Waals surface area contributed by atoms with Gasteiger partial charge in [0.15, 0.2) is 0 Å². The number of para-hydroxylation sites is 1. The van der Waals surface area contributed by atoms with Crippen molar-refractivity contribution in [2.45, 2.75) is 0 Å². The van der Waals surface area contributed by atoms with E-state index < -0.39 is 5.82 Å². The zero-order valence-corrected chi connectivity index (χ0v) is 11.5. The molecule has 2 N–H and O–H groups in total. The SMILES string of the molecule is CN(C(=O)c1ccncc1C#CCN)c1ccccc1F. The summed E-state index contributed by atoms with van der Waals surface area (Å²) in [6.45, 7) is 0.186. The molecule has 1 amide bonds. The molecule has 106 valence electrons. The molecule has 0 atom stereocenters. The molecule has 1 aromatic heterocycles. The third-order valence-electron chi connectivity index (χ3n) is 2.90. The van der Waals surface area contributed by atoms with Crippen LogP contribution in [0.3, 0.4) is 0 Å². The van der Waals surface area contributed by atoms with Crippen molar-refractivity contribution in [1.82, 2.24) is 4.98 Å². The molecule has 1 aromatic carbocycles. The second-order valence-corrected chi connectivity index (χ2v) is 4.24. The van der Waals surface area contributed by atoms with Crippen LogP contribution in [0, 0.1) is 17.7 Å². The van der Waals surface area contributed by atoms with Crippen molar-refractivity contribution in [2.75, 3.05) is 18.5 Å². The van der Waals surface area contributed by atoms with Gasteiger partial charge in [0.1, 0.15) is 5.82 Å². The van der Waals surface area contributed by atoms with Crippen LogP contribution in [0.1, 0.15) is 15.9 Å². The van der Waals surface area contributed by atoms with Crippen molar-refractivity contribution in [2.24, 2.45) is 5.73 Å².